The Morgan fingerprint density at radius 1 is 1.30 bits per heavy atom. The first kappa shape index (κ1) is 17.4. The second kappa shape index (κ2) is 7.08. The second-order valence-corrected chi connectivity index (χ2v) is 5.59. The molecule has 0 unspecified atom stereocenters. The molecule has 1 heterocycles. The van der Waals surface area contributed by atoms with Crippen LogP contribution in [-0.4, -0.2) is 53.5 Å². The van der Waals surface area contributed by atoms with Crippen molar-refractivity contribution in [1.82, 2.24) is 9.80 Å². The van der Waals surface area contributed by atoms with Crippen molar-refractivity contribution in [2.45, 2.75) is 31.8 Å². The van der Waals surface area contributed by atoms with Crippen LogP contribution in [0.5, 0.6) is 5.75 Å². The third-order valence-corrected chi connectivity index (χ3v) is 3.97. The third kappa shape index (κ3) is 5.31. The van der Waals surface area contributed by atoms with Gasteiger partial charge in [-0.3, -0.25) is 4.90 Å². The Labute approximate surface area is 132 Å². The average molecular weight is 332 g/mol. The summed E-state index contributed by atoms with van der Waals surface area (Å²) in [5.74, 6) is -0.233. The molecule has 1 aliphatic heterocycles. The largest absolute Gasteiger partial charge is 0.573 e. The van der Waals surface area contributed by atoms with Gasteiger partial charge in [-0.25, -0.2) is 4.79 Å². The van der Waals surface area contributed by atoms with E-state index in [0.29, 0.717) is 6.54 Å². The van der Waals surface area contributed by atoms with E-state index in [-0.39, 0.29) is 11.8 Å². The third-order valence-electron chi connectivity index (χ3n) is 3.97. The number of ether oxygens (including phenoxy) is 1. The smallest absolute Gasteiger partial charge is 0.465 e. The minimum atomic E-state index is -4.68. The van der Waals surface area contributed by atoms with Gasteiger partial charge < -0.3 is 14.7 Å². The summed E-state index contributed by atoms with van der Waals surface area (Å²) in [4.78, 5) is 14.4. The standard InChI is InChI=1S/C15H19F3N2O3/c1-19(14(21)22)12-6-8-20(9-7-12)10-11-2-4-13(5-3-11)23-15(16,17)18/h2-5,12H,6-10H2,1H3,(H,21,22). The Morgan fingerprint density at radius 3 is 2.35 bits per heavy atom. The van der Waals surface area contributed by atoms with E-state index in [1.165, 1.54) is 17.0 Å². The Kier molecular flexibility index (Phi) is 5.35. The quantitative estimate of drug-likeness (QED) is 0.920. The number of hydrogen-bond donors (Lipinski definition) is 1. The summed E-state index contributed by atoms with van der Waals surface area (Å²) in [5.41, 5.74) is 0.893. The van der Waals surface area contributed by atoms with Crippen molar-refractivity contribution in [1.29, 1.82) is 0 Å². The number of carbonyl (C=O) groups is 1. The average Bonchev–Trinajstić information content (AvgIpc) is 2.48. The van der Waals surface area contributed by atoms with Crippen LogP contribution in [0, 0.1) is 0 Å². The minimum absolute atomic E-state index is 0.0197. The summed E-state index contributed by atoms with van der Waals surface area (Å²) in [6.07, 6.45) is -4.11. The number of halogens is 3. The van der Waals surface area contributed by atoms with Gasteiger partial charge in [-0.15, -0.1) is 13.2 Å². The summed E-state index contributed by atoms with van der Waals surface area (Å²) >= 11 is 0. The van der Waals surface area contributed by atoms with Crippen LogP contribution < -0.4 is 4.74 Å². The molecule has 1 amide bonds. The summed E-state index contributed by atoms with van der Waals surface area (Å²) < 4.78 is 40.1. The highest BCUT2D eigenvalue weighted by atomic mass is 19.4. The maximum absolute atomic E-state index is 12.1. The number of benzene rings is 1. The molecule has 1 aromatic rings. The van der Waals surface area contributed by atoms with Crippen LogP contribution in [-0.2, 0) is 6.54 Å². The van der Waals surface area contributed by atoms with Crippen LogP contribution in [0.2, 0.25) is 0 Å². The topological polar surface area (TPSA) is 53.0 Å². The van der Waals surface area contributed by atoms with E-state index in [1.54, 1.807) is 19.2 Å². The molecule has 0 radical (unpaired) electrons. The maximum Gasteiger partial charge on any atom is 0.573 e. The predicted molar refractivity (Wildman–Crippen MR) is 77.2 cm³/mol. The molecule has 0 atom stereocenters. The summed E-state index contributed by atoms with van der Waals surface area (Å²) in [7, 11) is 1.57. The highest BCUT2D eigenvalue weighted by Crippen LogP contribution is 2.24. The van der Waals surface area contributed by atoms with E-state index in [2.05, 4.69) is 9.64 Å². The molecule has 0 spiro atoms. The molecular formula is C15H19F3N2O3. The first-order chi connectivity index (χ1) is 10.7. The van der Waals surface area contributed by atoms with Crippen LogP contribution in [0.4, 0.5) is 18.0 Å². The van der Waals surface area contributed by atoms with E-state index in [9.17, 15) is 18.0 Å². The van der Waals surface area contributed by atoms with Gasteiger partial charge in [-0.1, -0.05) is 12.1 Å². The lowest BCUT2D eigenvalue weighted by molar-refractivity contribution is -0.274. The highest BCUT2D eigenvalue weighted by molar-refractivity contribution is 5.64. The summed E-state index contributed by atoms with van der Waals surface area (Å²) in [6, 6.07) is 5.83. The van der Waals surface area contributed by atoms with Crippen LogP contribution in [0.1, 0.15) is 18.4 Å². The van der Waals surface area contributed by atoms with Crippen molar-refractivity contribution in [3.05, 3.63) is 29.8 Å². The molecule has 8 heteroatoms. The van der Waals surface area contributed by atoms with Crippen molar-refractivity contribution >= 4 is 6.09 Å². The second-order valence-electron chi connectivity index (χ2n) is 5.59. The van der Waals surface area contributed by atoms with Gasteiger partial charge in [0, 0.05) is 32.7 Å². The first-order valence-electron chi connectivity index (χ1n) is 7.27. The summed E-state index contributed by atoms with van der Waals surface area (Å²) in [6.45, 7) is 2.13. The molecule has 1 N–H and O–H groups in total. The molecular weight excluding hydrogens is 313 g/mol. The Hall–Kier alpha value is -1.96. The van der Waals surface area contributed by atoms with E-state index < -0.39 is 12.5 Å². The van der Waals surface area contributed by atoms with Gasteiger partial charge in [0.1, 0.15) is 5.75 Å². The zero-order chi connectivity index (χ0) is 17.0. The van der Waals surface area contributed by atoms with Crippen molar-refractivity contribution in [2.75, 3.05) is 20.1 Å². The van der Waals surface area contributed by atoms with E-state index in [4.69, 9.17) is 5.11 Å². The van der Waals surface area contributed by atoms with Gasteiger partial charge in [0.25, 0.3) is 0 Å². The number of nitrogens with zero attached hydrogens (tertiary/aromatic N) is 2. The van der Waals surface area contributed by atoms with Crippen molar-refractivity contribution in [3.63, 3.8) is 0 Å². The van der Waals surface area contributed by atoms with Crippen molar-refractivity contribution in [3.8, 4) is 5.75 Å². The number of likely N-dealkylation sites (tertiary alicyclic amines) is 1. The van der Waals surface area contributed by atoms with Crippen LogP contribution in [0.3, 0.4) is 0 Å². The molecule has 0 saturated carbocycles. The normalized spacial score (nSPS) is 17.0. The number of piperidine rings is 1. The number of rotatable bonds is 4. The molecule has 1 aliphatic rings. The van der Waals surface area contributed by atoms with Gasteiger partial charge in [0.05, 0.1) is 0 Å². The van der Waals surface area contributed by atoms with Gasteiger partial charge in [0.15, 0.2) is 0 Å². The number of alkyl halides is 3. The fraction of sp³-hybridized carbons (Fsp3) is 0.533. The molecule has 1 aromatic carbocycles. The van der Waals surface area contributed by atoms with Crippen LogP contribution in [0.15, 0.2) is 24.3 Å². The van der Waals surface area contributed by atoms with E-state index >= 15 is 0 Å². The summed E-state index contributed by atoms with van der Waals surface area (Å²) in [5, 5.41) is 8.96. The monoisotopic (exact) mass is 332 g/mol. The lowest BCUT2D eigenvalue weighted by Crippen LogP contribution is -2.44. The van der Waals surface area contributed by atoms with E-state index in [1.807, 2.05) is 0 Å². The Balaban J connectivity index is 1.83. The number of amides is 1. The molecule has 0 bridgehead atoms. The molecule has 1 saturated heterocycles. The molecule has 0 aromatic heterocycles. The zero-order valence-corrected chi connectivity index (χ0v) is 12.7. The molecule has 1 fully saturated rings. The highest BCUT2D eigenvalue weighted by Gasteiger charge is 2.31. The lowest BCUT2D eigenvalue weighted by Gasteiger charge is -2.35. The van der Waals surface area contributed by atoms with Crippen LogP contribution >= 0.6 is 0 Å². The Bertz CT molecular complexity index is 526. The molecule has 2 rings (SSSR count). The lowest BCUT2D eigenvalue weighted by atomic mass is 10.0. The predicted octanol–water partition coefficient (Wildman–Crippen LogP) is 3.16. The fourth-order valence-electron chi connectivity index (χ4n) is 2.68. The zero-order valence-electron chi connectivity index (χ0n) is 12.7. The molecule has 23 heavy (non-hydrogen) atoms. The van der Waals surface area contributed by atoms with Gasteiger partial charge in [0.2, 0.25) is 0 Å². The van der Waals surface area contributed by atoms with Crippen molar-refractivity contribution in [2.24, 2.45) is 0 Å². The first-order valence-corrected chi connectivity index (χ1v) is 7.27. The maximum atomic E-state index is 12.1. The van der Waals surface area contributed by atoms with Crippen molar-refractivity contribution < 1.29 is 27.8 Å². The van der Waals surface area contributed by atoms with Crippen LogP contribution in [0.25, 0.3) is 0 Å². The fourth-order valence-corrected chi connectivity index (χ4v) is 2.68. The van der Waals surface area contributed by atoms with E-state index in [0.717, 1.165) is 31.5 Å². The Morgan fingerprint density at radius 2 is 1.87 bits per heavy atom. The van der Waals surface area contributed by atoms with Gasteiger partial charge >= 0.3 is 12.5 Å². The molecule has 5 nitrogen and oxygen atoms in total. The number of carboxylic acid groups (broad SMARTS) is 1. The molecule has 0 aliphatic carbocycles. The SMILES string of the molecule is CN(C(=O)O)C1CCN(Cc2ccc(OC(F)(F)F)cc2)CC1. The molecule has 128 valence electrons. The minimum Gasteiger partial charge on any atom is -0.465 e. The number of hydrogen-bond acceptors (Lipinski definition) is 3. The van der Waals surface area contributed by atoms with Gasteiger partial charge in [-0.05, 0) is 30.5 Å². The van der Waals surface area contributed by atoms with Gasteiger partial charge in [-0.2, -0.15) is 0 Å².